The number of esters is 2. The van der Waals surface area contributed by atoms with Crippen molar-refractivity contribution in [3.63, 3.8) is 0 Å². The fraction of sp³-hybridized carbons (Fsp3) is 0.500. The fourth-order valence-corrected chi connectivity index (χ4v) is 4.55. The number of aromatic nitrogens is 3. The molecule has 0 aliphatic heterocycles. The maximum Gasteiger partial charge on any atom is 0.365 e. The summed E-state index contributed by atoms with van der Waals surface area (Å²) < 4.78 is 11.1. The third-order valence-electron chi connectivity index (χ3n) is 8.03. The molecule has 13 heteroatoms. The summed E-state index contributed by atoms with van der Waals surface area (Å²) in [6.45, 7) is 15.5. The molecule has 0 radical (unpaired) electrons. The van der Waals surface area contributed by atoms with Gasteiger partial charge in [-0.1, -0.05) is 72.2 Å². The Morgan fingerprint density at radius 2 is 1.60 bits per heavy atom. The number of aromatic amines is 1. The second-order valence-corrected chi connectivity index (χ2v) is 14.4. The van der Waals surface area contributed by atoms with Gasteiger partial charge in [-0.05, 0) is 42.7 Å². The highest BCUT2D eigenvalue weighted by Gasteiger charge is 2.34. The summed E-state index contributed by atoms with van der Waals surface area (Å²) in [5.41, 5.74) is 10.3. The lowest BCUT2D eigenvalue weighted by Crippen LogP contribution is -2.70. The molecule has 256 valence electrons. The molecule has 0 unspecified atom stereocenters. The first-order valence-corrected chi connectivity index (χ1v) is 16.1. The van der Waals surface area contributed by atoms with E-state index in [1.54, 1.807) is 36.7 Å². The van der Waals surface area contributed by atoms with Crippen molar-refractivity contribution in [1.82, 2.24) is 20.3 Å². The number of anilines is 1. The molecule has 0 bridgehead atoms. The number of nitrogens with zero attached hydrogens (tertiary/aromatic N) is 2. The summed E-state index contributed by atoms with van der Waals surface area (Å²) in [7, 11) is 0. The number of ether oxygens (including phenoxy) is 2. The van der Waals surface area contributed by atoms with Crippen LogP contribution >= 0.6 is 11.6 Å². The fourth-order valence-electron chi connectivity index (χ4n) is 4.35. The van der Waals surface area contributed by atoms with Crippen LogP contribution in [0, 0.1) is 17.8 Å². The lowest BCUT2D eigenvalue weighted by Gasteiger charge is -2.24. The molecule has 3 rings (SSSR count). The summed E-state index contributed by atoms with van der Waals surface area (Å²) in [5.74, 6) is -0.848. The number of quaternary nitrogens is 2. The average Bonchev–Trinajstić information content (AvgIpc) is 3.50. The molecule has 2 aromatic heterocycles. The summed E-state index contributed by atoms with van der Waals surface area (Å²) in [6.07, 6.45) is 4.05. The van der Waals surface area contributed by atoms with Crippen molar-refractivity contribution in [1.29, 1.82) is 0 Å². The standard InChI is InChI=1S/C34H48ClN7O5/c1-9-23(17-46-30(44)27(36)33(3,4)5)40-32-39-15-19(2)26(42-32)21-14-24(38-16-21)29(43)41-25(20-11-10-12-22(35)13-20)18-47-31(45)28(37)34(6,7)8/h10-16,23,25,27-28,38H,9,17-18,36-37H2,1-8H3,(H,41,43)(H,39,40,42)/p+2/t23-,25+,27+,28+/m0/s1. The third-order valence-corrected chi connectivity index (χ3v) is 8.27. The zero-order chi connectivity index (χ0) is 35.1. The number of H-pyrrole nitrogens is 1. The molecule has 3 aromatic rings. The number of carbonyl (C=O) groups is 3. The Morgan fingerprint density at radius 1 is 0.979 bits per heavy atom. The van der Waals surface area contributed by atoms with Gasteiger partial charge in [0.15, 0.2) is 12.1 Å². The normalized spacial score (nSPS) is 14.4. The van der Waals surface area contributed by atoms with Crippen LogP contribution in [0.3, 0.4) is 0 Å². The summed E-state index contributed by atoms with van der Waals surface area (Å²) in [4.78, 5) is 50.8. The van der Waals surface area contributed by atoms with E-state index in [4.69, 9.17) is 26.1 Å². The van der Waals surface area contributed by atoms with Crippen LogP contribution in [-0.4, -0.2) is 64.1 Å². The SMILES string of the molecule is CC[C@@H](COC(=O)[C@@H]([NH3+])C(C)(C)C)Nc1ncc(C)c(-c2c[nH]c(C(=O)N[C@H](COC(=O)[C@@H]([NH3+])C(C)(C)C)c3cccc(Cl)c3)c2)n1. The Morgan fingerprint density at radius 3 is 2.17 bits per heavy atom. The minimum absolute atomic E-state index is 0.0971. The number of nitrogens with one attached hydrogen (secondary N) is 3. The Hall–Kier alpha value is -4.00. The summed E-state index contributed by atoms with van der Waals surface area (Å²) in [5, 5.41) is 6.70. The number of rotatable bonds is 13. The molecule has 12 nitrogen and oxygen atoms in total. The molecule has 47 heavy (non-hydrogen) atoms. The Labute approximate surface area is 281 Å². The van der Waals surface area contributed by atoms with Crippen LogP contribution in [0.1, 0.15) is 82.5 Å². The predicted molar refractivity (Wildman–Crippen MR) is 180 cm³/mol. The monoisotopic (exact) mass is 671 g/mol. The summed E-state index contributed by atoms with van der Waals surface area (Å²) >= 11 is 6.24. The molecule has 0 aliphatic carbocycles. The Bertz CT molecular complexity index is 1550. The molecule has 0 saturated heterocycles. The van der Waals surface area contributed by atoms with E-state index in [0.717, 1.165) is 5.56 Å². The first kappa shape index (κ1) is 37.5. The van der Waals surface area contributed by atoms with Gasteiger partial charge in [0.05, 0.1) is 17.8 Å². The number of halogens is 1. The Balaban J connectivity index is 1.74. The number of carbonyl (C=O) groups excluding carboxylic acids is 3. The number of amides is 1. The van der Waals surface area contributed by atoms with Crippen molar-refractivity contribution in [3.05, 3.63) is 64.6 Å². The second kappa shape index (κ2) is 15.7. The van der Waals surface area contributed by atoms with Gasteiger partial charge in [0.2, 0.25) is 5.95 Å². The maximum atomic E-state index is 13.4. The lowest BCUT2D eigenvalue weighted by molar-refractivity contribution is -0.430. The van der Waals surface area contributed by atoms with Gasteiger partial charge in [-0.2, -0.15) is 0 Å². The van der Waals surface area contributed by atoms with Gasteiger partial charge in [-0.25, -0.2) is 19.6 Å². The first-order valence-electron chi connectivity index (χ1n) is 15.7. The maximum absolute atomic E-state index is 13.4. The van der Waals surface area contributed by atoms with Gasteiger partial charge >= 0.3 is 11.9 Å². The van der Waals surface area contributed by atoms with Crippen molar-refractivity contribution in [2.75, 3.05) is 18.5 Å². The van der Waals surface area contributed by atoms with Crippen LogP contribution < -0.4 is 22.1 Å². The highest BCUT2D eigenvalue weighted by molar-refractivity contribution is 6.30. The average molecular weight is 672 g/mol. The van der Waals surface area contributed by atoms with E-state index in [1.165, 1.54) is 0 Å². The smallest absolute Gasteiger partial charge is 0.365 e. The lowest BCUT2D eigenvalue weighted by atomic mass is 9.87. The topological polar surface area (TPSA) is 191 Å². The van der Waals surface area contributed by atoms with E-state index in [2.05, 4.69) is 32.1 Å². The molecule has 0 fully saturated rings. The van der Waals surface area contributed by atoms with Gasteiger partial charge in [-0.15, -0.1) is 0 Å². The van der Waals surface area contributed by atoms with Crippen LogP contribution in [-0.2, 0) is 19.1 Å². The molecule has 4 atom stereocenters. The van der Waals surface area contributed by atoms with E-state index in [-0.39, 0.29) is 41.7 Å². The Kier molecular flexibility index (Phi) is 12.5. The van der Waals surface area contributed by atoms with Crippen molar-refractivity contribution < 1.29 is 35.3 Å². The van der Waals surface area contributed by atoms with E-state index in [9.17, 15) is 14.4 Å². The molecule has 0 aliphatic rings. The van der Waals surface area contributed by atoms with Gasteiger partial charge in [-0.3, -0.25) is 4.79 Å². The van der Waals surface area contributed by atoms with Crippen molar-refractivity contribution in [3.8, 4) is 11.3 Å². The highest BCUT2D eigenvalue weighted by Crippen LogP contribution is 2.25. The molecular weight excluding hydrogens is 622 g/mol. The third kappa shape index (κ3) is 10.5. The van der Waals surface area contributed by atoms with Crippen LogP contribution in [0.25, 0.3) is 11.3 Å². The zero-order valence-corrected chi connectivity index (χ0v) is 29.5. The molecule has 0 saturated carbocycles. The second-order valence-electron chi connectivity index (χ2n) is 14.0. The molecule has 9 N–H and O–H groups in total. The van der Waals surface area contributed by atoms with Crippen molar-refractivity contribution in [2.45, 2.75) is 86.0 Å². The van der Waals surface area contributed by atoms with E-state index >= 15 is 0 Å². The number of aryl methyl sites for hydroxylation is 1. The van der Waals surface area contributed by atoms with Gasteiger partial charge in [0.25, 0.3) is 5.91 Å². The minimum Gasteiger partial charge on any atom is -0.459 e. The van der Waals surface area contributed by atoms with E-state index in [0.29, 0.717) is 34.2 Å². The molecule has 1 aromatic carbocycles. The number of hydrogen-bond acceptors (Lipinski definition) is 8. The molecule has 0 spiro atoms. The van der Waals surface area contributed by atoms with Crippen LogP contribution in [0.4, 0.5) is 5.95 Å². The first-order chi connectivity index (χ1) is 21.9. The number of hydrogen-bond donors (Lipinski definition) is 5. The predicted octanol–water partition coefficient (Wildman–Crippen LogP) is 3.49. The van der Waals surface area contributed by atoms with E-state index < -0.39 is 30.0 Å². The van der Waals surface area contributed by atoms with Gasteiger partial charge in [0, 0.05) is 33.8 Å². The van der Waals surface area contributed by atoms with E-state index in [1.807, 2.05) is 61.5 Å². The van der Waals surface area contributed by atoms with Crippen molar-refractivity contribution >= 4 is 35.4 Å². The largest absolute Gasteiger partial charge is 0.459 e. The molecule has 2 heterocycles. The van der Waals surface area contributed by atoms with Crippen LogP contribution in [0.2, 0.25) is 5.02 Å². The molecular formula is C34H50ClN7O5+2. The molecule has 1 amide bonds. The minimum atomic E-state index is -0.664. The zero-order valence-electron chi connectivity index (χ0n) is 28.7. The van der Waals surface area contributed by atoms with Gasteiger partial charge in [0.1, 0.15) is 18.9 Å². The summed E-state index contributed by atoms with van der Waals surface area (Å²) in [6, 6.07) is 6.76. The van der Waals surface area contributed by atoms with Gasteiger partial charge < -0.3 is 36.6 Å². The van der Waals surface area contributed by atoms with Crippen LogP contribution in [0.15, 0.2) is 42.7 Å². The number of benzene rings is 1. The highest BCUT2D eigenvalue weighted by atomic mass is 35.5. The van der Waals surface area contributed by atoms with Crippen molar-refractivity contribution in [2.24, 2.45) is 10.8 Å². The van der Waals surface area contributed by atoms with Crippen LogP contribution in [0.5, 0.6) is 0 Å². The quantitative estimate of drug-likeness (QED) is 0.171.